The predicted octanol–water partition coefficient (Wildman–Crippen LogP) is 3.08. The molecule has 3 rings (SSSR count). The van der Waals surface area contributed by atoms with E-state index in [-0.39, 0.29) is 4.90 Å². The molecule has 1 N–H and O–H groups in total. The third kappa shape index (κ3) is 5.29. The summed E-state index contributed by atoms with van der Waals surface area (Å²) in [6.07, 6.45) is 7.95. The van der Waals surface area contributed by atoms with Crippen molar-refractivity contribution in [2.24, 2.45) is 0 Å². The molecule has 1 saturated heterocycles. The second-order valence-electron chi connectivity index (χ2n) is 5.95. The molecule has 1 atom stereocenters. The van der Waals surface area contributed by atoms with Crippen LogP contribution in [0.2, 0.25) is 0 Å². The summed E-state index contributed by atoms with van der Waals surface area (Å²) in [5.41, 5.74) is 2.88. The topological polar surface area (TPSA) is 86.6 Å². The van der Waals surface area contributed by atoms with Crippen LogP contribution in [0, 0.1) is 0 Å². The first-order chi connectivity index (χ1) is 12.9. The lowest BCUT2D eigenvalue weighted by atomic mass is 10.2. The first-order valence-corrected chi connectivity index (χ1v) is 10.6. The standard InChI is InChI=1S/C18H19BrN2O5S/c19-15-4-3-5-16(12-15)27(23,24)21-10-9-14(13-21)7-8-17(22)20-26-18-6-1-2-11-25-18/h3-5,7-10,12-13,18H,1-2,6,11H2,(H,20,22). The third-order valence-electron chi connectivity index (χ3n) is 3.92. The van der Waals surface area contributed by atoms with Crippen molar-refractivity contribution in [1.29, 1.82) is 0 Å². The summed E-state index contributed by atoms with van der Waals surface area (Å²) < 4.78 is 32.4. The van der Waals surface area contributed by atoms with Crippen molar-refractivity contribution < 1.29 is 22.8 Å². The number of carbonyl (C=O) groups excluding carboxylic acids is 1. The molecule has 0 bridgehead atoms. The van der Waals surface area contributed by atoms with Crippen LogP contribution in [0.1, 0.15) is 24.8 Å². The van der Waals surface area contributed by atoms with Crippen molar-refractivity contribution in [1.82, 2.24) is 9.45 Å². The summed E-state index contributed by atoms with van der Waals surface area (Å²) in [4.78, 5) is 17.2. The number of nitrogens with one attached hydrogen (secondary N) is 1. The van der Waals surface area contributed by atoms with Gasteiger partial charge < -0.3 is 4.74 Å². The number of hydrogen-bond donors (Lipinski definition) is 1. The molecule has 1 aliphatic heterocycles. The molecule has 1 fully saturated rings. The summed E-state index contributed by atoms with van der Waals surface area (Å²) in [6, 6.07) is 8.06. The lowest BCUT2D eigenvalue weighted by Crippen LogP contribution is -2.32. The van der Waals surface area contributed by atoms with E-state index in [0.717, 1.165) is 23.2 Å². The Balaban J connectivity index is 1.61. The minimum absolute atomic E-state index is 0.168. The molecule has 1 aromatic heterocycles. The van der Waals surface area contributed by atoms with Gasteiger partial charge in [-0.2, -0.15) is 0 Å². The van der Waals surface area contributed by atoms with Crippen molar-refractivity contribution >= 4 is 37.9 Å². The number of ether oxygens (including phenoxy) is 1. The Kier molecular flexibility index (Phi) is 6.48. The second kappa shape index (κ2) is 8.83. The van der Waals surface area contributed by atoms with E-state index in [2.05, 4.69) is 21.4 Å². The number of nitrogens with zero attached hydrogens (tertiary/aromatic N) is 1. The van der Waals surface area contributed by atoms with Crippen LogP contribution < -0.4 is 5.48 Å². The van der Waals surface area contributed by atoms with Gasteiger partial charge in [0.2, 0.25) is 0 Å². The van der Waals surface area contributed by atoms with Gasteiger partial charge in [0.25, 0.3) is 15.9 Å². The number of halogens is 1. The van der Waals surface area contributed by atoms with Crippen molar-refractivity contribution in [3.05, 3.63) is 58.8 Å². The largest absolute Gasteiger partial charge is 0.350 e. The first kappa shape index (κ1) is 19.8. The zero-order valence-corrected chi connectivity index (χ0v) is 16.8. The Hall–Kier alpha value is -1.94. The van der Waals surface area contributed by atoms with Crippen LogP contribution in [0.3, 0.4) is 0 Å². The molecule has 0 radical (unpaired) electrons. The number of hydroxylamine groups is 1. The third-order valence-corrected chi connectivity index (χ3v) is 6.04. The van der Waals surface area contributed by atoms with Gasteiger partial charge in [-0.05, 0) is 48.7 Å². The molecule has 144 valence electrons. The molecule has 1 aromatic carbocycles. The van der Waals surface area contributed by atoms with Crippen LogP contribution in [0.25, 0.3) is 6.08 Å². The van der Waals surface area contributed by atoms with Crippen molar-refractivity contribution in [3.8, 4) is 0 Å². The molecule has 0 aliphatic carbocycles. The quantitative estimate of drug-likeness (QED) is 0.535. The van der Waals surface area contributed by atoms with Crippen LogP contribution in [0.15, 0.2) is 58.2 Å². The van der Waals surface area contributed by atoms with Gasteiger partial charge in [0.05, 0.1) is 4.90 Å². The second-order valence-corrected chi connectivity index (χ2v) is 8.71. The fourth-order valence-electron chi connectivity index (χ4n) is 2.52. The van der Waals surface area contributed by atoms with Gasteiger partial charge in [0.15, 0.2) is 6.29 Å². The maximum Gasteiger partial charge on any atom is 0.267 e. The minimum Gasteiger partial charge on any atom is -0.350 e. The van der Waals surface area contributed by atoms with Crippen LogP contribution in [-0.2, 0) is 24.4 Å². The van der Waals surface area contributed by atoms with Crippen LogP contribution in [-0.4, -0.2) is 31.2 Å². The van der Waals surface area contributed by atoms with Gasteiger partial charge >= 0.3 is 0 Å². The van der Waals surface area contributed by atoms with Crippen LogP contribution in [0.5, 0.6) is 0 Å². The monoisotopic (exact) mass is 454 g/mol. The van der Waals surface area contributed by atoms with Gasteiger partial charge in [0.1, 0.15) is 0 Å². The highest BCUT2D eigenvalue weighted by atomic mass is 79.9. The van der Waals surface area contributed by atoms with E-state index in [0.29, 0.717) is 16.6 Å². The predicted molar refractivity (Wildman–Crippen MR) is 103 cm³/mol. The highest BCUT2D eigenvalue weighted by molar-refractivity contribution is 9.10. The van der Waals surface area contributed by atoms with Gasteiger partial charge in [-0.1, -0.05) is 22.0 Å². The molecule has 0 saturated carbocycles. The van der Waals surface area contributed by atoms with E-state index in [4.69, 9.17) is 9.57 Å². The van der Waals surface area contributed by atoms with E-state index in [9.17, 15) is 13.2 Å². The molecule has 0 spiro atoms. The summed E-state index contributed by atoms with van der Waals surface area (Å²) >= 11 is 3.27. The number of benzene rings is 1. The SMILES string of the molecule is O=C(C=Cc1ccn(S(=O)(=O)c2cccc(Br)c2)c1)NOC1CCCCO1. The Morgan fingerprint density at radius 2 is 2.19 bits per heavy atom. The number of carbonyl (C=O) groups is 1. The number of aromatic nitrogens is 1. The highest BCUT2D eigenvalue weighted by Gasteiger charge is 2.17. The molecule has 1 aliphatic rings. The van der Waals surface area contributed by atoms with Crippen molar-refractivity contribution in [2.45, 2.75) is 30.4 Å². The Bertz CT molecular complexity index is 933. The Morgan fingerprint density at radius 3 is 2.93 bits per heavy atom. The summed E-state index contributed by atoms with van der Waals surface area (Å²) in [5, 5.41) is 0. The van der Waals surface area contributed by atoms with Gasteiger partial charge in [-0.15, -0.1) is 0 Å². The Morgan fingerprint density at radius 1 is 1.33 bits per heavy atom. The number of hydrogen-bond acceptors (Lipinski definition) is 5. The zero-order chi connectivity index (χ0) is 19.3. The van der Waals surface area contributed by atoms with Crippen LogP contribution >= 0.6 is 15.9 Å². The van der Waals surface area contributed by atoms with E-state index in [1.165, 1.54) is 36.7 Å². The number of amides is 1. The van der Waals surface area contributed by atoms with E-state index >= 15 is 0 Å². The fraction of sp³-hybridized carbons (Fsp3) is 0.278. The van der Waals surface area contributed by atoms with Gasteiger partial charge in [0, 0.05) is 36.0 Å². The highest BCUT2D eigenvalue weighted by Crippen LogP contribution is 2.20. The molecular formula is C18H19BrN2O5S. The molecule has 2 heterocycles. The van der Waals surface area contributed by atoms with Crippen molar-refractivity contribution in [2.75, 3.05) is 6.61 Å². The van der Waals surface area contributed by atoms with E-state index in [1.54, 1.807) is 18.2 Å². The molecular weight excluding hydrogens is 436 g/mol. The Labute approximate surface area is 166 Å². The van der Waals surface area contributed by atoms with E-state index in [1.807, 2.05) is 0 Å². The number of rotatable bonds is 6. The molecule has 2 aromatic rings. The molecule has 27 heavy (non-hydrogen) atoms. The average Bonchev–Trinajstić information content (AvgIpc) is 3.15. The van der Waals surface area contributed by atoms with E-state index < -0.39 is 22.2 Å². The molecule has 7 nitrogen and oxygen atoms in total. The normalized spacial score (nSPS) is 17.9. The summed E-state index contributed by atoms with van der Waals surface area (Å²) in [7, 11) is -3.69. The summed E-state index contributed by atoms with van der Waals surface area (Å²) in [6.45, 7) is 0.621. The van der Waals surface area contributed by atoms with Crippen molar-refractivity contribution in [3.63, 3.8) is 0 Å². The zero-order valence-electron chi connectivity index (χ0n) is 14.4. The maximum absolute atomic E-state index is 12.6. The van der Waals surface area contributed by atoms with Gasteiger partial charge in [-0.25, -0.2) is 22.7 Å². The fourth-order valence-corrected chi connectivity index (χ4v) is 4.33. The maximum atomic E-state index is 12.6. The van der Waals surface area contributed by atoms with Gasteiger partial charge in [-0.3, -0.25) is 4.79 Å². The molecule has 1 unspecified atom stereocenters. The summed E-state index contributed by atoms with van der Waals surface area (Å²) in [5.74, 6) is -0.452. The smallest absolute Gasteiger partial charge is 0.267 e. The lowest BCUT2D eigenvalue weighted by molar-refractivity contribution is -0.198. The van der Waals surface area contributed by atoms with Crippen LogP contribution in [0.4, 0.5) is 0 Å². The molecule has 9 heteroatoms. The minimum atomic E-state index is -3.69. The first-order valence-electron chi connectivity index (χ1n) is 8.39. The lowest BCUT2D eigenvalue weighted by Gasteiger charge is -2.21. The average molecular weight is 455 g/mol. The molecule has 1 amide bonds.